The number of rotatable bonds is 2. The molecule has 6 saturated heterocycles. The number of aliphatic hydroxyl groups is 4. The third kappa shape index (κ3) is 4.83. The Kier molecular flexibility index (Phi) is 8.27. The van der Waals surface area contributed by atoms with Crippen molar-refractivity contribution >= 4 is 46.4 Å². The second-order valence-corrected chi connectivity index (χ2v) is 15.3. The molecule has 8 rings (SSSR count). The van der Waals surface area contributed by atoms with Crippen LogP contribution in [-0.4, -0.2) is 90.9 Å². The van der Waals surface area contributed by atoms with Crippen LogP contribution in [0.1, 0.15) is 38.8 Å². The van der Waals surface area contributed by atoms with E-state index >= 15 is 0 Å². The Morgan fingerprint density at radius 3 is 1.02 bits per heavy atom. The third-order valence-electron chi connectivity index (χ3n) is 12.2. The van der Waals surface area contributed by atoms with Gasteiger partial charge in [0.15, 0.2) is 11.4 Å². The minimum absolute atomic E-state index is 0.320. The number of imide groups is 2. The summed E-state index contributed by atoms with van der Waals surface area (Å²) in [5, 5.41) is 41.2. The summed E-state index contributed by atoms with van der Waals surface area (Å²) in [6, 6.07) is 5.17. The van der Waals surface area contributed by atoms with E-state index in [1.54, 1.807) is 0 Å². The molecule has 4 bridgehead atoms. The fourth-order valence-corrected chi connectivity index (χ4v) is 9.57. The molecule has 56 heavy (non-hydrogen) atoms. The highest BCUT2D eigenvalue weighted by atomic mass is 19.4. The molecule has 296 valence electrons. The number of halogens is 6. The van der Waals surface area contributed by atoms with Crippen LogP contribution in [0.4, 0.5) is 49.1 Å². The van der Waals surface area contributed by atoms with E-state index in [0.717, 1.165) is 24.3 Å². The number of nitrogens with zero attached hydrogens (tertiary/aromatic N) is 4. The predicted molar refractivity (Wildman–Crippen MR) is 174 cm³/mol. The van der Waals surface area contributed by atoms with Gasteiger partial charge in [0.1, 0.15) is 46.8 Å². The van der Waals surface area contributed by atoms with Crippen molar-refractivity contribution in [3.05, 3.63) is 70.4 Å². The highest BCUT2D eigenvalue weighted by Gasteiger charge is 2.80. The normalized spacial score (nSPS) is 39.4. The summed E-state index contributed by atoms with van der Waals surface area (Å²) in [6.45, 7) is 19.4. The van der Waals surface area contributed by atoms with E-state index in [0.29, 0.717) is 21.9 Å². The molecule has 2 aromatic carbocycles. The number of carbonyl (C=O) groups excluding carboxylic acids is 4. The maximum absolute atomic E-state index is 13.3. The van der Waals surface area contributed by atoms with Crippen molar-refractivity contribution in [2.45, 2.75) is 86.9 Å². The average Bonchev–Trinajstić information content (AvgIpc) is 3.83. The Bertz CT molecular complexity index is 1990. The topological polar surface area (TPSA) is 183 Å². The van der Waals surface area contributed by atoms with Crippen molar-refractivity contribution in [2.75, 3.05) is 9.80 Å². The van der Waals surface area contributed by atoms with Gasteiger partial charge in [-0.25, -0.2) is 19.5 Å². The average molecular weight is 793 g/mol. The van der Waals surface area contributed by atoms with Gasteiger partial charge in [0.05, 0.1) is 47.9 Å². The summed E-state index contributed by atoms with van der Waals surface area (Å²) in [5.74, 6) is -7.80. The highest BCUT2D eigenvalue weighted by Crippen LogP contribution is 2.62. The van der Waals surface area contributed by atoms with Crippen LogP contribution >= 0.6 is 0 Å². The van der Waals surface area contributed by atoms with Crippen LogP contribution in [0, 0.1) is 36.8 Å². The molecule has 0 spiro atoms. The second-order valence-electron chi connectivity index (χ2n) is 15.3. The van der Waals surface area contributed by atoms with E-state index in [9.17, 15) is 65.9 Å². The Morgan fingerprint density at radius 2 is 0.804 bits per heavy atom. The lowest BCUT2D eigenvalue weighted by molar-refractivity contribution is -0.137. The van der Waals surface area contributed by atoms with E-state index in [4.69, 9.17) is 22.6 Å². The fraction of sp³-hybridized carbons (Fsp3) is 0.500. The molecule has 6 aliphatic rings. The standard InChI is InChI=1S/2C18H15F3N2O5/c2*1-16-10-11(17(2,28-16)13(25)12(16)24)15(27)23(14(10)26)7-4-5-9(22-3)8(6-7)18(19,20)21/h2*4-6,10-13,24-25H,1-2H3/t2*10-,11+,12-,13+,16?,17?. The Labute approximate surface area is 312 Å². The largest absolute Gasteiger partial charge is 0.407 e. The molecule has 6 aliphatic heterocycles. The van der Waals surface area contributed by atoms with Crippen LogP contribution in [0.5, 0.6) is 0 Å². The number of hydrogen-bond acceptors (Lipinski definition) is 10. The molecule has 4 N–H and O–H groups in total. The van der Waals surface area contributed by atoms with Gasteiger partial charge < -0.3 is 29.9 Å². The smallest absolute Gasteiger partial charge is 0.387 e. The Morgan fingerprint density at radius 1 is 0.554 bits per heavy atom. The van der Waals surface area contributed by atoms with Crippen LogP contribution < -0.4 is 9.80 Å². The zero-order valence-corrected chi connectivity index (χ0v) is 29.4. The van der Waals surface area contributed by atoms with Gasteiger partial charge in [-0.15, -0.1) is 0 Å². The van der Waals surface area contributed by atoms with Crippen LogP contribution in [0.2, 0.25) is 0 Å². The summed E-state index contributed by atoms with van der Waals surface area (Å²) in [6.07, 6.45) is -15.4. The lowest BCUT2D eigenvalue weighted by atomic mass is 9.66. The molecule has 2 aromatic rings. The first-order valence-electron chi connectivity index (χ1n) is 16.8. The first-order valence-corrected chi connectivity index (χ1v) is 16.8. The Hall–Kier alpha value is -4.96. The number of ether oxygens (including phenoxy) is 2. The van der Waals surface area contributed by atoms with E-state index in [-0.39, 0.29) is 11.4 Å². The molecule has 6 fully saturated rings. The quantitative estimate of drug-likeness (QED) is 0.200. The van der Waals surface area contributed by atoms with Crippen LogP contribution in [0.3, 0.4) is 0 Å². The van der Waals surface area contributed by atoms with Crippen molar-refractivity contribution in [3.8, 4) is 0 Å². The number of alkyl halides is 6. The van der Waals surface area contributed by atoms with Gasteiger partial charge >= 0.3 is 12.4 Å². The van der Waals surface area contributed by atoms with Crippen molar-refractivity contribution < 1.29 is 75.4 Å². The summed E-state index contributed by atoms with van der Waals surface area (Å²) in [4.78, 5) is 58.9. The minimum atomic E-state index is -4.84. The molecule has 0 aromatic heterocycles. The van der Waals surface area contributed by atoms with E-state index in [2.05, 4.69) is 9.69 Å². The third-order valence-corrected chi connectivity index (χ3v) is 12.2. The molecule has 6 heterocycles. The number of hydrogen-bond donors (Lipinski definition) is 4. The van der Waals surface area contributed by atoms with Gasteiger partial charge in [0.2, 0.25) is 23.6 Å². The predicted octanol–water partition coefficient (Wildman–Crippen LogP) is 3.29. The molecular weight excluding hydrogens is 762 g/mol. The number of anilines is 2. The maximum atomic E-state index is 13.3. The SMILES string of the molecule is [C-]#[N+]c1ccc(N2C(=O)[C@@H]3[C@H](C2=O)C2(C)OC3(C)[C@@H](O)[C@H]2O)cc1C(F)(F)F.[C-]#[N+]c1ccc(N2C(=O)[C@@H]3[C@H](C2=O)C2(C)OC3(C)[C@@H](O)[C@H]2O)cc1C(F)(F)F. The highest BCUT2D eigenvalue weighted by molar-refractivity contribution is 6.24. The first kappa shape index (κ1) is 39.3. The minimum Gasteiger partial charge on any atom is -0.387 e. The lowest BCUT2D eigenvalue weighted by Gasteiger charge is -2.35. The zero-order chi connectivity index (χ0) is 41.6. The fourth-order valence-electron chi connectivity index (χ4n) is 9.57. The molecule has 20 heteroatoms. The first-order chi connectivity index (χ1) is 25.7. The molecule has 4 unspecified atom stereocenters. The maximum Gasteiger partial charge on any atom is 0.407 e. The molecular formula is C36H30F6N4O10. The van der Waals surface area contributed by atoms with Gasteiger partial charge in [-0.2, -0.15) is 26.3 Å². The second kappa shape index (κ2) is 11.8. The zero-order valence-electron chi connectivity index (χ0n) is 29.4. The summed E-state index contributed by atoms with van der Waals surface area (Å²) in [7, 11) is 0. The van der Waals surface area contributed by atoms with Gasteiger partial charge in [-0.1, -0.05) is 12.1 Å². The van der Waals surface area contributed by atoms with Crippen molar-refractivity contribution in [3.63, 3.8) is 0 Å². The van der Waals surface area contributed by atoms with Crippen LogP contribution in [0.25, 0.3) is 9.69 Å². The molecule has 4 amide bonds. The van der Waals surface area contributed by atoms with E-state index in [1.165, 1.54) is 27.7 Å². The number of amides is 4. The number of benzene rings is 2. The van der Waals surface area contributed by atoms with Crippen molar-refractivity contribution in [2.24, 2.45) is 23.7 Å². The van der Waals surface area contributed by atoms with Crippen LogP contribution in [-0.2, 0) is 41.0 Å². The summed E-state index contributed by atoms with van der Waals surface area (Å²) >= 11 is 0. The molecule has 0 aliphatic carbocycles. The summed E-state index contributed by atoms with van der Waals surface area (Å²) < 4.78 is 91.0. The summed E-state index contributed by atoms with van der Waals surface area (Å²) in [5.41, 5.74) is -10.6. The molecule has 0 radical (unpaired) electrons. The molecule has 0 saturated carbocycles. The van der Waals surface area contributed by atoms with Crippen molar-refractivity contribution in [1.29, 1.82) is 0 Å². The number of fused-ring (bicyclic) bond motifs is 10. The lowest BCUT2D eigenvalue weighted by Crippen LogP contribution is -2.57. The van der Waals surface area contributed by atoms with Crippen molar-refractivity contribution in [1.82, 2.24) is 0 Å². The van der Waals surface area contributed by atoms with E-state index < -0.39 is 129 Å². The van der Waals surface area contributed by atoms with Gasteiger partial charge in [0.25, 0.3) is 0 Å². The monoisotopic (exact) mass is 792 g/mol. The van der Waals surface area contributed by atoms with Gasteiger partial charge in [-0.3, -0.25) is 19.2 Å². The molecule has 12 atom stereocenters. The van der Waals surface area contributed by atoms with E-state index in [1.807, 2.05) is 0 Å². The number of aliphatic hydroxyl groups excluding tert-OH is 4. The van der Waals surface area contributed by atoms with Crippen LogP contribution in [0.15, 0.2) is 36.4 Å². The number of carbonyl (C=O) groups is 4. The Balaban J connectivity index is 0.000000172. The van der Waals surface area contributed by atoms with Gasteiger partial charge in [0, 0.05) is 11.4 Å². The molecule has 14 nitrogen and oxygen atoms in total. The van der Waals surface area contributed by atoms with Gasteiger partial charge in [-0.05, 0) is 52.0 Å².